The summed E-state index contributed by atoms with van der Waals surface area (Å²) in [5.74, 6) is -2.41. The SMILES string of the molecule is CCCCCCCCCCCCCCCCCCNC(=O)C[C@H](C(=O)O)S(=O)(=O)O. The lowest BCUT2D eigenvalue weighted by Crippen LogP contribution is -2.36. The van der Waals surface area contributed by atoms with Crippen molar-refractivity contribution >= 4 is 22.0 Å². The Kier molecular flexibility index (Phi) is 17.9. The number of aliphatic carboxylic acids is 1. The molecule has 178 valence electrons. The number of amides is 1. The first kappa shape index (κ1) is 28.9. The average molecular weight is 450 g/mol. The van der Waals surface area contributed by atoms with Gasteiger partial charge in [-0.25, -0.2) is 0 Å². The van der Waals surface area contributed by atoms with Crippen molar-refractivity contribution < 1.29 is 27.7 Å². The number of carboxylic acids is 1. The van der Waals surface area contributed by atoms with E-state index in [0.717, 1.165) is 19.3 Å². The van der Waals surface area contributed by atoms with Gasteiger partial charge in [0.2, 0.25) is 5.91 Å². The molecule has 0 radical (unpaired) electrons. The van der Waals surface area contributed by atoms with Gasteiger partial charge in [0.1, 0.15) is 0 Å². The molecule has 0 aliphatic carbocycles. The fraction of sp³-hybridized carbons (Fsp3) is 0.909. The highest BCUT2D eigenvalue weighted by Crippen LogP contribution is 2.13. The van der Waals surface area contributed by atoms with E-state index < -0.39 is 33.7 Å². The number of carboxylic acid groups (broad SMARTS) is 1. The second-order valence-electron chi connectivity index (χ2n) is 8.20. The van der Waals surface area contributed by atoms with Crippen LogP contribution in [0.5, 0.6) is 0 Å². The third kappa shape index (κ3) is 17.7. The minimum absolute atomic E-state index is 0.384. The molecular formula is C22H43NO6S. The normalized spacial score (nSPS) is 12.6. The van der Waals surface area contributed by atoms with E-state index in [1.54, 1.807) is 0 Å². The molecule has 0 aliphatic heterocycles. The standard InChI is InChI=1S/C22H43NO6S/c1-2-3-4-5-6-7-8-9-10-11-12-13-14-15-16-17-18-23-21(24)19-20(22(25)26)30(27,28)29/h20H,2-19H2,1H3,(H,23,24)(H,25,26)(H,27,28,29)/t20-/m1/s1. The monoisotopic (exact) mass is 449 g/mol. The molecule has 0 heterocycles. The van der Waals surface area contributed by atoms with Gasteiger partial charge in [-0.05, 0) is 6.42 Å². The van der Waals surface area contributed by atoms with Crippen LogP contribution < -0.4 is 5.32 Å². The van der Waals surface area contributed by atoms with E-state index in [1.807, 2.05) is 0 Å². The van der Waals surface area contributed by atoms with Crippen LogP contribution in [0.1, 0.15) is 116 Å². The Hall–Kier alpha value is -1.15. The molecular weight excluding hydrogens is 406 g/mol. The number of hydrogen-bond acceptors (Lipinski definition) is 4. The van der Waals surface area contributed by atoms with E-state index in [9.17, 15) is 18.0 Å². The number of carbonyl (C=O) groups excluding carboxylic acids is 1. The summed E-state index contributed by atoms with van der Waals surface area (Å²) < 4.78 is 30.7. The van der Waals surface area contributed by atoms with Crippen molar-refractivity contribution in [2.24, 2.45) is 0 Å². The highest BCUT2D eigenvalue weighted by Gasteiger charge is 2.33. The fourth-order valence-electron chi connectivity index (χ4n) is 3.46. The van der Waals surface area contributed by atoms with Gasteiger partial charge in [0.15, 0.2) is 5.25 Å². The number of carbonyl (C=O) groups is 2. The number of hydrogen-bond donors (Lipinski definition) is 3. The van der Waals surface area contributed by atoms with E-state index in [-0.39, 0.29) is 0 Å². The van der Waals surface area contributed by atoms with Crippen molar-refractivity contribution in [1.29, 1.82) is 0 Å². The molecule has 0 saturated carbocycles. The van der Waals surface area contributed by atoms with E-state index >= 15 is 0 Å². The maximum Gasteiger partial charge on any atom is 0.324 e. The first-order chi connectivity index (χ1) is 14.3. The van der Waals surface area contributed by atoms with Gasteiger partial charge in [-0.3, -0.25) is 14.1 Å². The highest BCUT2D eigenvalue weighted by atomic mass is 32.2. The molecule has 0 unspecified atom stereocenters. The second-order valence-corrected chi connectivity index (χ2v) is 9.80. The first-order valence-corrected chi connectivity index (χ1v) is 13.2. The number of unbranched alkanes of at least 4 members (excludes halogenated alkanes) is 15. The summed E-state index contributed by atoms with van der Waals surface area (Å²) >= 11 is 0. The smallest absolute Gasteiger partial charge is 0.324 e. The van der Waals surface area contributed by atoms with Crippen LogP contribution in [-0.4, -0.2) is 41.7 Å². The molecule has 3 N–H and O–H groups in total. The molecule has 0 aliphatic rings. The van der Waals surface area contributed by atoms with Crippen LogP contribution >= 0.6 is 0 Å². The van der Waals surface area contributed by atoms with Crippen molar-refractivity contribution in [2.45, 2.75) is 121 Å². The lowest BCUT2D eigenvalue weighted by atomic mass is 10.0. The fourth-order valence-corrected chi connectivity index (χ4v) is 4.08. The molecule has 0 bridgehead atoms. The second kappa shape index (κ2) is 18.6. The van der Waals surface area contributed by atoms with Gasteiger partial charge in [0.05, 0.1) is 6.42 Å². The summed E-state index contributed by atoms with van der Waals surface area (Å²) in [7, 11) is -4.78. The summed E-state index contributed by atoms with van der Waals surface area (Å²) in [6.07, 6.45) is 19.4. The summed E-state index contributed by atoms with van der Waals surface area (Å²) in [6, 6.07) is 0. The Balaban J connectivity index is 3.42. The molecule has 8 heteroatoms. The van der Waals surface area contributed by atoms with E-state index in [1.165, 1.54) is 83.5 Å². The van der Waals surface area contributed by atoms with Crippen LogP contribution in [0.25, 0.3) is 0 Å². The highest BCUT2D eigenvalue weighted by molar-refractivity contribution is 7.87. The number of rotatable bonds is 21. The Morgan fingerprint density at radius 1 is 0.733 bits per heavy atom. The van der Waals surface area contributed by atoms with Gasteiger partial charge in [-0.15, -0.1) is 0 Å². The minimum Gasteiger partial charge on any atom is -0.480 e. The Labute approximate surface area is 183 Å². The van der Waals surface area contributed by atoms with Gasteiger partial charge in [0, 0.05) is 6.54 Å². The molecule has 0 spiro atoms. The summed E-state index contributed by atoms with van der Waals surface area (Å²) in [5, 5.41) is 9.16. The lowest BCUT2D eigenvalue weighted by Gasteiger charge is -2.09. The molecule has 30 heavy (non-hydrogen) atoms. The van der Waals surface area contributed by atoms with Gasteiger partial charge < -0.3 is 10.4 Å². The molecule has 0 fully saturated rings. The largest absolute Gasteiger partial charge is 0.480 e. The van der Waals surface area contributed by atoms with Crippen LogP contribution in [0.2, 0.25) is 0 Å². The predicted molar refractivity (Wildman–Crippen MR) is 120 cm³/mol. The molecule has 0 aromatic carbocycles. The third-order valence-corrected chi connectivity index (χ3v) is 6.45. The molecule has 0 rings (SSSR count). The summed E-state index contributed by atoms with van der Waals surface area (Å²) in [6.45, 7) is 2.63. The van der Waals surface area contributed by atoms with Crippen molar-refractivity contribution in [1.82, 2.24) is 5.32 Å². The van der Waals surface area contributed by atoms with Crippen LogP contribution in [0, 0.1) is 0 Å². The minimum atomic E-state index is -4.78. The van der Waals surface area contributed by atoms with Crippen LogP contribution in [0.4, 0.5) is 0 Å². The Bertz CT molecular complexity index is 550. The van der Waals surface area contributed by atoms with E-state index in [0.29, 0.717) is 6.54 Å². The zero-order chi connectivity index (χ0) is 22.7. The maximum absolute atomic E-state index is 11.6. The zero-order valence-electron chi connectivity index (χ0n) is 18.7. The number of nitrogens with one attached hydrogen (secondary N) is 1. The van der Waals surface area contributed by atoms with Gasteiger partial charge in [0.25, 0.3) is 10.1 Å². The average Bonchev–Trinajstić information content (AvgIpc) is 2.67. The van der Waals surface area contributed by atoms with Crippen molar-refractivity contribution in [3.8, 4) is 0 Å². The van der Waals surface area contributed by atoms with Crippen LogP contribution in [-0.2, 0) is 19.7 Å². The quantitative estimate of drug-likeness (QED) is 0.166. The first-order valence-electron chi connectivity index (χ1n) is 11.7. The summed E-state index contributed by atoms with van der Waals surface area (Å²) in [5.41, 5.74) is 0. The van der Waals surface area contributed by atoms with E-state index in [4.69, 9.17) is 9.66 Å². The Morgan fingerprint density at radius 3 is 1.43 bits per heavy atom. The summed E-state index contributed by atoms with van der Waals surface area (Å²) in [4.78, 5) is 22.4. The predicted octanol–water partition coefficient (Wildman–Crippen LogP) is 5.10. The topological polar surface area (TPSA) is 121 Å². The Morgan fingerprint density at radius 2 is 1.10 bits per heavy atom. The van der Waals surface area contributed by atoms with Gasteiger partial charge >= 0.3 is 5.97 Å². The van der Waals surface area contributed by atoms with Crippen molar-refractivity contribution in [3.63, 3.8) is 0 Å². The van der Waals surface area contributed by atoms with Crippen LogP contribution in [0.15, 0.2) is 0 Å². The molecule has 1 atom stereocenters. The molecule has 7 nitrogen and oxygen atoms in total. The lowest BCUT2D eigenvalue weighted by molar-refractivity contribution is -0.138. The maximum atomic E-state index is 11.6. The molecule has 0 saturated heterocycles. The van der Waals surface area contributed by atoms with Gasteiger partial charge in [-0.2, -0.15) is 8.42 Å². The molecule has 1 amide bonds. The molecule has 0 aromatic rings. The third-order valence-electron chi connectivity index (χ3n) is 5.36. The van der Waals surface area contributed by atoms with Crippen molar-refractivity contribution in [3.05, 3.63) is 0 Å². The molecule has 0 aromatic heterocycles. The van der Waals surface area contributed by atoms with Gasteiger partial charge in [-0.1, -0.05) is 103 Å². The van der Waals surface area contributed by atoms with Crippen molar-refractivity contribution in [2.75, 3.05) is 6.54 Å². The van der Waals surface area contributed by atoms with Crippen LogP contribution in [0.3, 0.4) is 0 Å². The van der Waals surface area contributed by atoms with E-state index in [2.05, 4.69) is 12.2 Å². The zero-order valence-corrected chi connectivity index (χ0v) is 19.6.